The molecule has 1 aromatic rings. The van der Waals surface area contributed by atoms with Crippen LogP contribution in [0.3, 0.4) is 0 Å². The highest BCUT2D eigenvalue weighted by molar-refractivity contribution is 6.16. The van der Waals surface area contributed by atoms with Gasteiger partial charge in [0.1, 0.15) is 0 Å². The molecule has 0 radical (unpaired) electrons. The van der Waals surface area contributed by atoms with E-state index in [1.54, 1.807) is 0 Å². The van der Waals surface area contributed by atoms with Crippen LogP contribution in [0.2, 0.25) is 0 Å². The normalized spacial score (nSPS) is 12.9. The third kappa shape index (κ3) is 3.18. The number of ether oxygens (including phenoxy) is 1. The zero-order valence-corrected chi connectivity index (χ0v) is 9.58. The Hall–Kier alpha value is -0.760. The van der Waals surface area contributed by atoms with Crippen molar-refractivity contribution in [2.75, 3.05) is 0 Å². The van der Waals surface area contributed by atoms with Crippen molar-refractivity contribution < 1.29 is 4.74 Å². The predicted octanol–water partition coefficient (Wildman–Crippen LogP) is 3.24. The van der Waals surface area contributed by atoms with Crippen molar-refractivity contribution in [2.45, 2.75) is 32.8 Å². The first-order chi connectivity index (χ1) is 6.63. The van der Waals surface area contributed by atoms with Gasteiger partial charge in [-0.05, 0) is 18.9 Å². The Bertz CT molecular complexity index is 288. The fourth-order valence-electron chi connectivity index (χ4n) is 0.924. The van der Waals surface area contributed by atoms with Crippen LogP contribution in [0.4, 0.5) is 0 Å². The molecule has 0 amide bonds. The van der Waals surface area contributed by atoms with Crippen molar-refractivity contribution in [1.29, 1.82) is 0 Å². The van der Waals surface area contributed by atoms with Crippen LogP contribution in [-0.4, -0.2) is 11.1 Å². The molecule has 1 unspecified atom stereocenters. The van der Waals surface area contributed by atoms with E-state index in [4.69, 9.17) is 16.3 Å². The van der Waals surface area contributed by atoms with Gasteiger partial charge in [-0.15, -0.1) is 11.6 Å². The number of hydrogen-bond acceptors (Lipinski definition) is 2. The first kappa shape index (κ1) is 11.3. The van der Waals surface area contributed by atoms with Crippen molar-refractivity contribution in [2.24, 2.45) is 5.92 Å². The summed E-state index contributed by atoms with van der Waals surface area (Å²) in [4.78, 5) is 4.26. The quantitative estimate of drug-likeness (QED) is 0.717. The summed E-state index contributed by atoms with van der Waals surface area (Å²) in [6.07, 6.45) is 0.174. The molecule has 1 rings (SSSR count). The second kappa shape index (κ2) is 5.20. The number of rotatable bonds is 4. The summed E-state index contributed by atoms with van der Waals surface area (Å²) in [7, 11) is 0. The monoisotopic (exact) mass is 213 g/mol. The third-order valence-corrected chi connectivity index (χ3v) is 2.44. The van der Waals surface area contributed by atoms with Crippen LogP contribution >= 0.6 is 11.6 Å². The van der Waals surface area contributed by atoms with E-state index in [1.165, 1.54) is 0 Å². The van der Waals surface area contributed by atoms with Crippen LogP contribution in [0.25, 0.3) is 0 Å². The summed E-state index contributed by atoms with van der Waals surface area (Å²) < 4.78 is 5.65. The number of halogens is 1. The Labute approximate surface area is 90.3 Å². The third-order valence-electron chi connectivity index (χ3n) is 2.16. The number of alkyl halides is 1. The number of aromatic nitrogens is 1. The van der Waals surface area contributed by atoms with Crippen LogP contribution in [0.1, 0.15) is 26.5 Å². The zero-order chi connectivity index (χ0) is 10.6. The molecule has 0 aliphatic carbocycles. The summed E-state index contributed by atoms with van der Waals surface area (Å²) >= 11 is 5.68. The lowest BCUT2D eigenvalue weighted by Crippen LogP contribution is -2.19. The first-order valence-electron chi connectivity index (χ1n) is 4.82. The van der Waals surface area contributed by atoms with Gasteiger partial charge in [0.05, 0.1) is 17.7 Å². The summed E-state index contributed by atoms with van der Waals surface area (Å²) in [6.45, 7) is 6.28. The number of pyridine rings is 1. The van der Waals surface area contributed by atoms with Gasteiger partial charge in [-0.25, -0.2) is 4.98 Å². The van der Waals surface area contributed by atoms with Gasteiger partial charge in [0.25, 0.3) is 0 Å². The van der Waals surface area contributed by atoms with Gasteiger partial charge in [0.15, 0.2) is 0 Å². The predicted molar refractivity (Wildman–Crippen MR) is 58.7 cm³/mol. The molecule has 0 fully saturated rings. The van der Waals surface area contributed by atoms with Crippen molar-refractivity contribution in [3.05, 3.63) is 23.9 Å². The minimum absolute atomic E-state index is 0.174. The van der Waals surface area contributed by atoms with E-state index in [0.29, 0.717) is 17.7 Å². The molecule has 0 saturated heterocycles. The SMILES string of the molecule is CC(C)C(C)Oc1cccc(CCl)n1. The van der Waals surface area contributed by atoms with Gasteiger partial charge in [0, 0.05) is 6.07 Å². The van der Waals surface area contributed by atoms with Crippen LogP contribution < -0.4 is 4.74 Å². The highest BCUT2D eigenvalue weighted by atomic mass is 35.5. The molecular formula is C11H16ClNO. The maximum Gasteiger partial charge on any atom is 0.213 e. The summed E-state index contributed by atoms with van der Waals surface area (Å²) in [5, 5.41) is 0. The minimum atomic E-state index is 0.174. The average molecular weight is 214 g/mol. The van der Waals surface area contributed by atoms with E-state index in [9.17, 15) is 0 Å². The second-order valence-electron chi connectivity index (χ2n) is 3.67. The lowest BCUT2D eigenvalue weighted by Gasteiger charge is -2.17. The Balaban J connectivity index is 2.66. The number of hydrogen-bond donors (Lipinski definition) is 0. The van der Waals surface area contributed by atoms with E-state index >= 15 is 0 Å². The molecule has 0 bridgehead atoms. The molecule has 2 nitrogen and oxygen atoms in total. The molecule has 1 atom stereocenters. The molecular weight excluding hydrogens is 198 g/mol. The summed E-state index contributed by atoms with van der Waals surface area (Å²) in [5.41, 5.74) is 0.847. The second-order valence-corrected chi connectivity index (χ2v) is 3.94. The van der Waals surface area contributed by atoms with E-state index in [2.05, 4.69) is 18.8 Å². The van der Waals surface area contributed by atoms with Crippen LogP contribution in [-0.2, 0) is 5.88 Å². The molecule has 0 aromatic carbocycles. The molecule has 0 N–H and O–H groups in total. The zero-order valence-electron chi connectivity index (χ0n) is 8.83. The molecule has 0 saturated carbocycles. The topological polar surface area (TPSA) is 22.1 Å². The van der Waals surface area contributed by atoms with Gasteiger partial charge in [-0.3, -0.25) is 0 Å². The van der Waals surface area contributed by atoms with Crippen molar-refractivity contribution in [3.63, 3.8) is 0 Å². The van der Waals surface area contributed by atoms with E-state index in [-0.39, 0.29) is 6.10 Å². The Kier molecular flexibility index (Phi) is 4.21. The molecule has 0 aliphatic rings. The standard InChI is InChI=1S/C11H16ClNO/c1-8(2)9(3)14-11-6-4-5-10(7-12)13-11/h4-6,8-9H,7H2,1-3H3. The van der Waals surface area contributed by atoms with Crippen molar-refractivity contribution >= 4 is 11.6 Å². The Morgan fingerprint density at radius 1 is 1.36 bits per heavy atom. The summed E-state index contributed by atoms with van der Waals surface area (Å²) in [6, 6.07) is 5.65. The highest BCUT2D eigenvalue weighted by Crippen LogP contribution is 2.14. The minimum Gasteiger partial charge on any atom is -0.474 e. The number of nitrogens with zero attached hydrogens (tertiary/aromatic N) is 1. The molecule has 78 valence electrons. The lowest BCUT2D eigenvalue weighted by atomic mass is 10.1. The largest absolute Gasteiger partial charge is 0.474 e. The first-order valence-corrected chi connectivity index (χ1v) is 5.35. The smallest absolute Gasteiger partial charge is 0.213 e. The fourth-order valence-corrected chi connectivity index (χ4v) is 1.07. The van der Waals surface area contributed by atoms with Gasteiger partial charge in [-0.1, -0.05) is 19.9 Å². The van der Waals surface area contributed by atoms with E-state index in [0.717, 1.165) is 5.69 Å². The summed E-state index contributed by atoms with van der Waals surface area (Å²) in [5.74, 6) is 1.56. The van der Waals surface area contributed by atoms with Gasteiger partial charge in [-0.2, -0.15) is 0 Å². The molecule has 14 heavy (non-hydrogen) atoms. The Morgan fingerprint density at radius 2 is 2.07 bits per heavy atom. The lowest BCUT2D eigenvalue weighted by molar-refractivity contribution is 0.163. The van der Waals surface area contributed by atoms with Crippen LogP contribution in [0.15, 0.2) is 18.2 Å². The molecule has 1 heterocycles. The molecule has 0 aliphatic heterocycles. The van der Waals surface area contributed by atoms with Gasteiger partial charge in [0.2, 0.25) is 5.88 Å². The maximum atomic E-state index is 5.68. The Morgan fingerprint density at radius 3 is 2.64 bits per heavy atom. The highest BCUT2D eigenvalue weighted by Gasteiger charge is 2.09. The van der Waals surface area contributed by atoms with Gasteiger partial charge >= 0.3 is 0 Å². The van der Waals surface area contributed by atoms with Crippen LogP contribution in [0, 0.1) is 5.92 Å². The van der Waals surface area contributed by atoms with E-state index in [1.807, 2.05) is 25.1 Å². The maximum absolute atomic E-state index is 5.68. The van der Waals surface area contributed by atoms with Crippen molar-refractivity contribution in [3.8, 4) is 5.88 Å². The molecule has 1 aromatic heterocycles. The fraction of sp³-hybridized carbons (Fsp3) is 0.545. The van der Waals surface area contributed by atoms with Crippen molar-refractivity contribution in [1.82, 2.24) is 4.98 Å². The average Bonchev–Trinajstić information content (AvgIpc) is 2.18. The molecule has 3 heteroatoms. The van der Waals surface area contributed by atoms with Gasteiger partial charge < -0.3 is 4.74 Å². The van der Waals surface area contributed by atoms with E-state index < -0.39 is 0 Å². The molecule has 0 spiro atoms. The van der Waals surface area contributed by atoms with Crippen LogP contribution in [0.5, 0.6) is 5.88 Å².